The summed E-state index contributed by atoms with van der Waals surface area (Å²) in [5, 5.41) is 8.16. The van der Waals surface area contributed by atoms with Gasteiger partial charge in [-0.25, -0.2) is 9.97 Å². The first-order valence-electron chi connectivity index (χ1n) is 13.2. The number of anilines is 2. The minimum atomic E-state index is -0.131. The highest BCUT2D eigenvalue weighted by Crippen LogP contribution is 2.30. The van der Waals surface area contributed by atoms with Crippen molar-refractivity contribution in [1.82, 2.24) is 19.7 Å². The number of carbonyl (C=O) groups excluding carboxylic acids is 1. The molecule has 7 nitrogen and oxygen atoms in total. The largest absolute Gasteiger partial charge is 0.352 e. The van der Waals surface area contributed by atoms with Gasteiger partial charge in [0.25, 0.3) is 5.91 Å². The van der Waals surface area contributed by atoms with Crippen molar-refractivity contribution in [1.29, 1.82) is 0 Å². The van der Waals surface area contributed by atoms with Crippen LogP contribution >= 0.6 is 11.3 Å². The maximum atomic E-state index is 13.3. The van der Waals surface area contributed by atoms with E-state index >= 15 is 0 Å². The molecule has 1 N–H and O–H groups in total. The van der Waals surface area contributed by atoms with Gasteiger partial charge in [-0.15, -0.1) is 0 Å². The number of thiazole rings is 1. The molecule has 3 aromatic carbocycles. The second-order valence-electron chi connectivity index (χ2n) is 9.87. The molecule has 196 valence electrons. The Morgan fingerprint density at radius 1 is 0.900 bits per heavy atom. The van der Waals surface area contributed by atoms with Crippen molar-refractivity contribution in [3.63, 3.8) is 0 Å². The minimum Gasteiger partial charge on any atom is -0.352 e. The molecule has 0 bridgehead atoms. The van der Waals surface area contributed by atoms with Crippen LogP contribution in [0.4, 0.5) is 10.9 Å². The lowest BCUT2D eigenvalue weighted by molar-refractivity contribution is 0.102. The monoisotopic (exact) mass is 542 g/mol. The third-order valence-electron chi connectivity index (χ3n) is 7.26. The van der Waals surface area contributed by atoms with Crippen LogP contribution in [-0.2, 0) is 19.5 Å². The Morgan fingerprint density at radius 2 is 1.77 bits per heavy atom. The summed E-state index contributed by atoms with van der Waals surface area (Å²) in [5.41, 5.74) is 7.09. The van der Waals surface area contributed by atoms with Crippen LogP contribution in [0, 0.1) is 0 Å². The van der Waals surface area contributed by atoms with Gasteiger partial charge in [-0.2, -0.15) is 5.10 Å². The van der Waals surface area contributed by atoms with Crippen LogP contribution < -0.4 is 10.2 Å². The lowest BCUT2D eigenvalue weighted by atomic mass is 9.94. The molecular weight excluding hydrogens is 516 g/mol. The van der Waals surface area contributed by atoms with Crippen LogP contribution in [0.5, 0.6) is 0 Å². The Bertz CT molecular complexity index is 1780. The molecule has 0 saturated heterocycles. The summed E-state index contributed by atoms with van der Waals surface area (Å²) in [6.07, 6.45) is 6.69. The molecule has 0 radical (unpaired) electrons. The van der Waals surface area contributed by atoms with E-state index in [-0.39, 0.29) is 5.91 Å². The molecule has 0 atom stereocenters. The Kier molecular flexibility index (Phi) is 6.30. The summed E-state index contributed by atoms with van der Waals surface area (Å²) < 4.78 is 3.00. The van der Waals surface area contributed by atoms with Crippen molar-refractivity contribution < 1.29 is 4.79 Å². The van der Waals surface area contributed by atoms with E-state index in [1.807, 2.05) is 71.7 Å². The molecule has 0 spiro atoms. The Labute approximate surface area is 235 Å². The smallest absolute Gasteiger partial charge is 0.257 e. The molecule has 1 aliphatic heterocycles. The van der Waals surface area contributed by atoms with Crippen molar-refractivity contribution in [2.75, 3.05) is 16.8 Å². The van der Waals surface area contributed by atoms with Crippen molar-refractivity contribution in [2.24, 2.45) is 0 Å². The van der Waals surface area contributed by atoms with Gasteiger partial charge in [0.2, 0.25) is 0 Å². The maximum Gasteiger partial charge on any atom is 0.257 e. The number of pyridine rings is 1. The minimum absolute atomic E-state index is 0.131. The zero-order valence-electron chi connectivity index (χ0n) is 21.7. The number of nitrogens with one attached hydrogen (secondary N) is 1. The fourth-order valence-corrected chi connectivity index (χ4v) is 6.05. The van der Waals surface area contributed by atoms with Crippen LogP contribution in [0.15, 0.2) is 104 Å². The van der Waals surface area contributed by atoms with Gasteiger partial charge in [-0.1, -0.05) is 65.9 Å². The number of carbonyl (C=O) groups is 1. The fourth-order valence-electron chi connectivity index (χ4n) is 5.19. The van der Waals surface area contributed by atoms with Crippen molar-refractivity contribution >= 4 is 38.4 Å². The van der Waals surface area contributed by atoms with Crippen LogP contribution in [0.3, 0.4) is 0 Å². The van der Waals surface area contributed by atoms with Crippen molar-refractivity contribution in [2.45, 2.75) is 19.5 Å². The van der Waals surface area contributed by atoms with E-state index in [1.165, 1.54) is 22.5 Å². The first kappa shape index (κ1) is 24.2. The van der Waals surface area contributed by atoms with E-state index in [9.17, 15) is 4.79 Å². The summed E-state index contributed by atoms with van der Waals surface area (Å²) in [5.74, 6) is 0.765. The average molecular weight is 543 g/mol. The molecular formula is C32H26N6OS. The third-order valence-corrected chi connectivity index (χ3v) is 8.21. The quantitative estimate of drug-likeness (QED) is 0.263. The Balaban J connectivity index is 1.07. The van der Waals surface area contributed by atoms with E-state index in [0.29, 0.717) is 17.2 Å². The number of hydrogen-bond donors (Lipinski definition) is 1. The van der Waals surface area contributed by atoms with Gasteiger partial charge in [0.05, 0.1) is 23.0 Å². The van der Waals surface area contributed by atoms with Gasteiger partial charge in [0.15, 0.2) is 5.13 Å². The first-order chi connectivity index (χ1) is 19.7. The van der Waals surface area contributed by atoms with Gasteiger partial charge < -0.3 is 4.90 Å². The zero-order chi connectivity index (χ0) is 26.9. The molecule has 7 rings (SSSR count). The summed E-state index contributed by atoms with van der Waals surface area (Å²) in [6.45, 7) is 2.20. The van der Waals surface area contributed by atoms with Crippen LogP contribution in [0.25, 0.3) is 21.3 Å². The number of benzene rings is 3. The number of hydrogen-bond acceptors (Lipinski definition) is 6. The first-order valence-corrected chi connectivity index (χ1v) is 14.1. The normalized spacial score (nSPS) is 12.8. The Morgan fingerprint density at radius 3 is 2.62 bits per heavy atom. The number of fused-ring (bicyclic) bond motifs is 2. The van der Waals surface area contributed by atoms with Crippen LogP contribution in [-0.4, -0.2) is 32.2 Å². The zero-order valence-corrected chi connectivity index (χ0v) is 22.5. The number of rotatable bonds is 6. The SMILES string of the molecule is O=C(Nc1nc2ccccc2s1)c1cccc2c1CN(c1ccc(-c3cnn(Cc4ccccc4)c3)cn1)CC2. The van der Waals surface area contributed by atoms with Gasteiger partial charge in [0.1, 0.15) is 5.82 Å². The summed E-state index contributed by atoms with van der Waals surface area (Å²) in [4.78, 5) is 24.9. The average Bonchev–Trinajstić information content (AvgIpc) is 3.64. The summed E-state index contributed by atoms with van der Waals surface area (Å²) in [6, 6.07) is 28.3. The number of amides is 1. The molecule has 1 aliphatic rings. The van der Waals surface area contributed by atoms with Gasteiger partial charge in [0, 0.05) is 42.2 Å². The topological polar surface area (TPSA) is 75.9 Å². The van der Waals surface area contributed by atoms with Crippen LogP contribution in [0.2, 0.25) is 0 Å². The second-order valence-corrected chi connectivity index (χ2v) is 10.9. The highest BCUT2D eigenvalue weighted by molar-refractivity contribution is 7.22. The molecule has 0 fully saturated rings. The molecule has 0 unspecified atom stereocenters. The molecule has 40 heavy (non-hydrogen) atoms. The van der Waals surface area contributed by atoms with E-state index in [1.54, 1.807) is 0 Å². The molecule has 8 heteroatoms. The number of nitrogens with zero attached hydrogens (tertiary/aromatic N) is 5. The van der Waals surface area contributed by atoms with Crippen molar-refractivity contribution in [3.8, 4) is 11.1 Å². The lowest BCUT2D eigenvalue weighted by Gasteiger charge is -2.31. The molecule has 6 aromatic rings. The fraction of sp³-hybridized carbons (Fsp3) is 0.125. The highest BCUT2D eigenvalue weighted by atomic mass is 32.1. The molecule has 0 aliphatic carbocycles. The second kappa shape index (κ2) is 10.4. The van der Waals surface area contributed by atoms with Gasteiger partial charge >= 0.3 is 0 Å². The summed E-state index contributed by atoms with van der Waals surface area (Å²) in [7, 11) is 0. The Hall–Kier alpha value is -4.82. The summed E-state index contributed by atoms with van der Waals surface area (Å²) >= 11 is 1.49. The number of para-hydroxylation sites is 1. The van der Waals surface area contributed by atoms with E-state index < -0.39 is 0 Å². The predicted octanol–water partition coefficient (Wildman–Crippen LogP) is 6.42. The van der Waals surface area contributed by atoms with Gasteiger partial charge in [-0.3, -0.25) is 14.8 Å². The lowest BCUT2D eigenvalue weighted by Crippen LogP contribution is -2.32. The number of aromatic nitrogens is 4. The van der Waals surface area contributed by atoms with E-state index in [0.717, 1.165) is 52.2 Å². The molecule has 0 saturated carbocycles. The highest BCUT2D eigenvalue weighted by Gasteiger charge is 2.23. The van der Waals surface area contributed by atoms with Crippen molar-refractivity contribution in [3.05, 3.63) is 126 Å². The molecule has 4 heterocycles. The van der Waals surface area contributed by atoms with E-state index in [4.69, 9.17) is 4.98 Å². The third kappa shape index (κ3) is 4.85. The van der Waals surface area contributed by atoms with Crippen LogP contribution in [0.1, 0.15) is 27.0 Å². The van der Waals surface area contributed by atoms with E-state index in [2.05, 4.69) is 56.8 Å². The predicted molar refractivity (Wildman–Crippen MR) is 160 cm³/mol. The van der Waals surface area contributed by atoms with Gasteiger partial charge in [-0.05, 0) is 53.4 Å². The maximum absolute atomic E-state index is 13.3. The standard InChI is InChI=1S/C32H26N6OS/c39-31(36-32-35-28-11-4-5-12-29(28)40-32)26-10-6-9-23-15-16-37(21-27(23)26)30-14-13-24(17-33-30)25-18-34-38(20-25)19-22-7-2-1-3-8-22/h1-14,17-18,20H,15-16,19,21H2,(H,35,36,39). The molecule has 1 amide bonds. The molecule has 3 aromatic heterocycles.